The largest absolute Gasteiger partial charge is 0.493 e. The fourth-order valence-corrected chi connectivity index (χ4v) is 4.75. The van der Waals surface area contributed by atoms with Crippen molar-refractivity contribution in [3.8, 4) is 23.0 Å². The summed E-state index contributed by atoms with van der Waals surface area (Å²) in [6.45, 7) is 0.0760. The Morgan fingerprint density at radius 3 is 2.73 bits per heavy atom. The van der Waals surface area contributed by atoms with E-state index < -0.39 is 18.6 Å². The van der Waals surface area contributed by atoms with E-state index in [1.165, 1.54) is 30.5 Å². The second kappa shape index (κ2) is 10.3. The van der Waals surface area contributed by atoms with Crippen molar-refractivity contribution in [2.24, 2.45) is 0 Å². The van der Waals surface area contributed by atoms with Crippen molar-refractivity contribution in [2.45, 2.75) is 18.4 Å². The first kappa shape index (κ1) is 25.9. The monoisotopic (exact) mass is 568 g/mol. The molecule has 11 nitrogen and oxygen atoms in total. The maximum atomic E-state index is 14.9. The normalized spacial score (nSPS) is 17.2. The van der Waals surface area contributed by atoms with Gasteiger partial charge in [-0.2, -0.15) is 10.1 Å². The van der Waals surface area contributed by atoms with Gasteiger partial charge < -0.3 is 24.4 Å². The molecule has 0 unspecified atom stereocenters. The highest BCUT2D eigenvalue weighted by molar-refractivity contribution is 6.32. The maximum absolute atomic E-state index is 14.9. The van der Waals surface area contributed by atoms with Crippen molar-refractivity contribution in [3.05, 3.63) is 60.4 Å². The number of benzene rings is 2. The van der Waals surface area contributed by atoms with Crippen molar-refractivity contribution < 1.29 is 23.0 Å². The third kappa shape index (κ3) is 5.00. The first-order valence-corrected chi connectivity index (χ1v) is 12.6. The molecule has 6 rings (SSSR count). The molecule has 1 atom stereocenters. The highest BCUT2D eigenvalue weighted by atomic mass is 35.5. The molecule has 206 valence electrons. The number of aromatic nitrogens is 6. The molecule has 5 aromatic rings. The Balaban J connectivity index is 1.31. The maximum Gasteiger partial charge on any atom is 0.296 e. The Kier molecular flexibility index (Phi) is 6.68. The van der Waals surface area contributed by atoms with Gasteiger partial charge in [0, 0.05) is 18.7 Å². The molecule has 1 aliphatic rings. The number of nitrogens with one attached hydrogen (secondary N) is 1. The van der Waals surface area contributed by atoms with Crippen LogP contribution in [0.3, 0.4) is 0 Å². The fraction of sp³-hybridized carbons (Fsp3) is 0.269. The van der Waals surface area contributed by atoms with Crippen LogP contribution in [0.4, 0.5) is 20.3 Å². The van der Waals surface area contributed by atoms with Gasteiger partial charge in [0.25, 0.3) is 11.7 Å². The lowest BCUT2D eigenvalue weighted by Gasteiger charge is -2.36. The lowest BCUT2D eigenvalue weighted by Crippen LogP contribution is -2.52. The van der Waals surface area contributed by atoms with E-state index in [2.05, 4.69) is 30.4 Å². The van der Waals surface area contributed by atoms with E-state index in [1.807, 2.05) is 0 Å². The predicted octanol–water partition coefficient (Wildman–Crippen LogP) is 4.98. The standard InChI is InChI=1S/C26H23ClF2N8O3/c1-36-8-7-21(26(28,29)12-36)40-23-20(38-2)6-4-18-22(23)24(32-13-31-18)35-15-3-5-19(17(27)9-15)39-16-10-30-25-33-14-34-37(25)11-16/h3-6,9-11,13-14,21H,7-8,12H2,1-2H3,(H,31,32,35)/t21-/m1/s1. The average molecular weight is 569 g/mol. The van der Waals surface area contributed by atoms with E-state index in [-0.39, 0.29) is 12.2 Å². The van der Waals surface area contributed by atoms with Crippen molar-refractivity contribution in [1.29, 1.82) is 0 Å². The minimum absolute atomic E-state index is 0.138. The van der Waals surface area contributed by atoms with Crippen LogP contribution < -0.4 is 19.5 Å². The number of likely N-dealkylation sites (tertiary alicyclic amines) is 1. The molecule has 0 bridgehead atoms. The topological polar surface area (TPSA) is 112 Å². The van der Waals surface area contributed by atoms with Crippen LogP contribution in [0.5, 0.6) is 23.0 Å². The van der Waals surface area contributed by atoms with Gasteiger partial charge in [0.15, 0.2) is 23.4 Å². The van der Waals surface area contributed by atoms with Gasteiger partial charge >= 0.3 is 0 Å². The Morgan fingerprint density at radius 2 is 1.93 bits per heavy atom. The number of piperidine rings is 1. The van der Waals surface area contributed by atoms with Crippen LogP contribution in [0.25, 0.3) is 16.7 Å². The summed E-state index contributed by atoms with van der Waals surface area (Å²) in [5.41, 5.74) is 1.06. The molecule has 3 aromatic heterocycles. The lowest BCUT2D eigenvalue weighted by molar-refractivity contribution is -0.135. The summed E-state index contributed by atoms with van der Waals surface area (Å²) >= 11 is 6.53. The Bertz CT molecular complexity index is 1700. The molecular formula is C26H23ClF2N8O3. The van der Waals surface area contributed by atoms with Crippen LogP contribution in [-0.2, 0) is 0 Å². The van der Waals surface area contributed by atoms with E-state index in [4.69, 9.17) is 25.8 Å². The number of hydrogen-bond acceptors (Lipinski definition) is 10. The number of nitrogens with zero attached hydrogens (tertiary/aromatic N) is 7. The smallest absolute Gasteiger partial charge is 0.296 e. The zero-order chi connectivity index (χ0) is 27.9. The van der Waals surface area contributed by atoms with E-state index >= 15 is 0 Å². The number of anilines is 2. The minimum atomic E-state index is -3.05. The van der Waals surface area contributed by atoms with Crippen LogP contribution in [-0.4, -0.2) is 73.7 Å². The number of hydrogen-bond donors (Lipinski definition) is 1. The van der Waals surface area contributed by atoms with Crippen LogP contribution in [0, 0.1) is 0 Å². The predicted molar refractivity (Wildman–Crippen MR) is 143 cm³/mol. The van der Waals surface area contributed by atoms with Crippen molar-refractivity contribution in [2.75, 3.05) is 32.6 Å². The summed E-state index contributed by atoms with van der Waals surface area (Å²) in [4.78, 5) is 18.4. The van der Waals surface area contributed by atoms with Gasteiger partial charge in [0.05, 0.1) is 42.0 Å². The molecule has 0 radical (unpaired) electrons. The van der Waals surface area contributed by atoms with Crippen LogP contribution >= 0.6 is 11.6 Å². The van der Waals surface area contributed by atoms with Gasteiger partial charge in [-0.05, 0) is 37.4 Å². The lowest BCUT2D eigenvalue weighted by atomic mass is 10.0. The van der Waals surface area contributed by atoms with Crippen LogP contribution in [0.15, 0.2) is 55.4 Å². The van der Waals surface area contributed by atoms with E-state index in [1.54, 1.807) is 48.5 Å². The molecule has 40 heavy (non-hydrogen) atoms. The SMILES string of the molecule is COc1ccc2ncnc(Nc3ccc(Oc4cnc5ncnn5c4)c(Cl)c3)c2c1O[C@@H]1CCN(C)CC1(F)F. The van der Waals surface area contributed by atoms with Crippen LogP contribution in [0.1, 0.15) is 6.42 Å². The number of alkyl halides is 2. The summed E-state index contributed by atoms with van der Waals surface area (Å²) in [6, 6.07) is 8.41. The number of methoxy groups -OCH3 is 1. The quantitative estimate of drug-likeness (QED) is 0.288. The molecule has 0 saturated carbocycles. The molecule has 4 heterocycles. The minimum Gasteiger partial charge on any atom is -0.493 e. The van der Waals surface area contributed by atoms with Gasteiger partial charge in [-0.3, -0.25) is 0 Å². The zero-order valence-electron chi connectivity index (χ0n) is 21.4. The van der Waals surface area contributed by atoms with Crippen molar-refractivity contribution in [3.63, 3.8) is 0 Å². The highest BCUT2D eigenvalue weighted by Crippen LogP contribution is 2.42. The van der Waals surface area contributed by atoms with Gasteiger partial charge in [-0.15, -0.1) is 0 Å². The van der Waals surface area contributed by atoms with Gasteiger partial charge in [-0.25, -0.2) is 28.2 Å². The Labute approximate surface area is 231 Å². The Hall–Kier alpha value is -4.36. The van der Waals surface area contributed by atoms with Crippen molar-refractivity contribution in [1.82, 2.24) is 34.4 Å². The van der Waals surface area contributed by atoms with Gasteiger partial charge in [0.1, 0.15) is 24.2 Å². The second-order valence-corrected chi connectivity index (χ2v) is 9.68. The van der Waals surface area contributed by atoms with E-state index in [0.29, 0.717) is 57.0 Å². The molecule has 0 aliphatic carbocycles. The summed E-state index contributed by atoms with van der Waals surface area (Å²) in [5, 5.41) is 7.95. The van der Waals surface area contributed by atoms with Crippen LogP contribution in [0.2, 0.25) is 5.02 Å². The van der Waals surface area contributed by atoms with Gasteiger partial charge in [0.2, 0.25) is 0 Å². The summed E-state index contributed by atoms with van der Waals surface area (Å²) in [7, 11) is 3.11. The van der Waals surface area contributed by atoms with Gasteiger partial charge in [-0.1, -0.05) is 11.6 Å². The first-order valence-electron chi connectivity index (χ1n) is 12.3. The molecule has 1 N–H and O–H groups in total. The molecule has 1 saturated heterocycles. The molecule has 2 aromatic carbocycles. The zero-order valence-corrected chi connectivity index (χ0v) is 22.1. The molecule has 1 fully saturated rings. The number of rotatable bonds is 7. The summed E-state index contributed by atoms with van der Waals surface area (Å²) in [6.07, 6.45) is 4.72. The number of ether oxygens (including phenoxy) is 3. The molecule has 1 aliphatic heterocycles. The van der Waals surface area contributed by atoms with E-state index in [0.717, 1.165) is 0 Å². The van der Waals surface area contributed by atoms with Crippen molar-refractivity contribution >= 4 is 39.8 Å². The second-order valence-electron chi connectivity index (χ2n) is 9.27. The third-order valence-corrected chi connectivity index (χ3v) is 6.75. The third-order valence-electron chi connectivity index (χ3n) is 6.46. The molecule has 14 heteroatoms. The molecule has 0 amide bonds. The highest BCUT2D eigenvalue weighted by Gasteiger charge is 2.46. The Morgan fingerprint density at radius 1 is 1.07 bits per heavy atom. The average Bonchev–Trinajstić information content (AvgIpc) is 3.39. The molecule has 0 spiro atoms. The fourth-order valence-electron chi connectivity index (χ4n) is 4.53. The summed E-state index contributed by atoms with van der Waals surface area (Å²) < 4.78 is 48.6. The summed E-state index contributed by atoms with van der Waals surface area (Å²) in [5.74, 6) is -1.05. The number of fused-ring (bicyclic) bond motifs is 2. The first-order chi connectivity index (χ1) is 19.3. The molecular weight excluding hydrogens is 546 g/mol. The van der Waals surface area contributed by atoms with E-state index in [9.17, 15) is 8.78 Å². The number of halogens is 3.